The number of carboxylic acid groups (broad SMARTS) is 1. The van der Waals surface area contributed by atoms with Gasteiger partial charge in [-0.2, -0.15) is 0 Å². The zero-order valence-electron chi connectivity index (χ0n) is 17.7. The number of aryl methyl sites for hydroxylation is 1. The molecule has 1 aromatic carbocycles. The molecule has 0 bridgehead atoms. The Bertz CT molecular complexity index is 1080. The third-order valence-electron chi connectivity index (χ3n) is 5.58. The average molecular weight is 424 g/mol. The maximum absolute atomic E-state index is 11.9. The molecule has 156 valence electrons. The van der Waals surface area contributed by atoms with Crippen LogP contribution in [0, 0.1) is 12.8 Å². The van der Waals surface area contributed by atoms with Gasteiger partial charge in [-0.05, 0) is 92.5 Å². The summed E-state index contributed by atoms with van der Waals surface area (Å²) in [5, 5.41) is 10.1. The summed E-state index contributed by atoms with van der Waals surface area (Å²) < 4.78 is 0. The number of halogens is 1. The van der Waals surface area contributed by atoms with Crippen molar-refractivity contribution in [3.63, 3.8) is 0 Å². The van der Waals surface area contributed by atoms with E-state index in [9.17, 15) is 14.7 Å². The van der Waals surface area contributed by atoms with E-state index in [1.165, 1.54) is 6.92 Å². The quantitative estimate of drug-likeness (QED) is 0.270. The fourth-order valence-corrected chi connectivity index (χ4v) is 3.92. The van der Waals surface area contributed by atoms with Crippen molar-refractivity contribution in [1.29, 1.82) is 0 Å². The molecule has 4 nitrogen and oxygen atoms in total. The number of Topliss-reactive ketones (excluding diaryl/α,β-unsaturated/α-hetero) is 1. The van der Waals surface area contributed by atoms with Gasteiger partial charge in [0, 0.05) is 11.3 Å². The highest BCUT2D eigenvalue weighted by atomic mass is 35.5. The summed E-state index contributed by atoms with van der Waals surface area (Å²) in [7, 11) is 0. The maximum Gasteiger partial charge on any atom is 0.339 e. The molecular weight excluding hydrogens is 398 g/mol. The Hall–Kier alpha value is -2.85. The lowest BCUT2D eigenvalue weighted by Gasteiger charge is -2.16. The molecule has 0 aromatic heterocycles. The standard InChI is InChI=1S/C25H26ClNO3/c1-13-5-8-18(22-10-14(2)24(27)12-23(22)26)15(3)19(9-13)21(17-6-7-17)11-20(16(4)28)25(29)30/h5,8-12,17H,6-7,27H2,1-4H3,(H,29,30). The van der Waals surface area contributed by atoms with E-state index in [0.717, 1.165) is 51.8 Å². The molecule has 3 N–H and O–H groups in total. The number of carboxylic acids is 1. The summed E-state index contributed by atoms with van der Waals surface area (Å²) in [6, 6.07) is 3.74. The second-order valence-electron chi connectivity index (χ2n) is 8.01. The molecular formula is C25H26ClNO3. The lowest BCUT2D eigenvalue weighted by molar-refractivity contribution is -0.134. The van der Waals surface area contributed by atoms with Crippen LogP contribution >= 0.6 is 11.6 Å². The van der Waals surface area contributed by atoms with Crippen molar-refractivity contribution >= 4 is 34.6 Å². The average Bonchev–Trinajstić information content (AvgIpc) is 3.49. The number of carbonyl (C=O) groups excluding carboxylic acids is 1. The number of allylic oxidation sites excluding steroid dienone is 9. The molecule has 0 aliphatic heterocycles. The first kappa shape index (κ1) is 21.8. The van der Waals surface area contributed by atoms with Crippen molar-refractivity contribution in [3.8, 4) is 0 Å². The Kier molecular flexibility index (Phi) is 6.18. The first-order chi connectivity index (χ1) is 14.1. The van der Waals surface area contributed by atoms with Crippen molar-refractivity contribution in [1.82, 2.24) is 0 Å². The molecule has 0 unspecified atom stereocenters. The van der Waals surface area contributed by atoms with E-state index in [2.05, 4.69) is 6.08 Å². The Morgan fingerprint density at radius 3 is 2.40 bits per heavy atom. The van der Waals surface area contributed by atoms with Crippen molar-refractivity contribution in [3.05, 3.63) is 80.5 Å². The second-order valence-corrected chi connectivity index (χ2v) is 8.42. The summed E-state index contributed by atoms with van der Waals surface area (Å²) in [5.41, 5.74) is 13.1. The molecule has 0 radical (unpaired) electrons. The third kappa shape index (κ3) is 4.49. The van der Waals surface area contributed by atoms with Gasteiger partial charge in [-0.25, -0.2) is 4.79 Å². The first-order valence-corrected chi connectivity index (χ1v) is 10.3. The number of rotatable bonds is 5. The highest BCUT2D eigenvalue weighted by Gasteiger charge is 2.30. The van der Waals surface area contributed by atoms with Crippen LogP contribution in [-0.4, -0.2) is 16.9 Å². The largest absolute Gasteiger partial charge is 0.478 e. The predicted octanol–water partition coefficient (Wildman–Crippen LogP) is 5.83. The molecule has 1 fully saturated rings. The van der Waals surface area contributed by atoms with Crippen LogP contribution in [0.5, 0.6) is 0 Å². The number of benzene rings is 1. The van der Waals surface area contributed by atoms with Crippen LogP contribution in [0.3, 0.4) is 0 Å². The van der Waals surface area contributed by atoms with Crippen molar-refractivity contribution < 1.29 is 14.7 Å². The third-order valence-corrected chi connectivity index (χ3v) is 5.89. The maximum atomic E-state index is 11.9. The fraction of sp³-hybridized carbons (Fsp3) is 0.280. The van der Waals surface area contributed by atoms with Gasteiger partial charge < -0.3 is 10.8 Å². The molecule has 1 aromatic rings. The van der Waals surface area contributed by atoms with Crippen molar-refractivity contribution in [2.24, 2.45) is 5.92 Å². The Labute approximate surface area is 182 Å². The van der Waals surface area contributed by atoms with Crippen LogP contribution in [0.2, 0.25) is 5.02 Å². The number of hydrogen-bond acceptors (Lipinski definition) is 3. The summed E-state index contributed by atoms with van der Waals surface area (Å²) in [4.78, 5) is 23.6. The Morgan fingerprint density at radius 1 is 1.17 bits per heavy atom. The first-order valence-electron chi connectivity index (χ1n) is 9.93. The molecule has 1 saturated carbocycles. The van der Waals surface area contributed by atoms with Crippen LogP contribution in [0.4, 0.5) is 5.69 Å². The second kappa shape index (κ2) is 8.49. The highest BCUT2D eigenvalue weighted by molar-refractivity contribution is 6.33. The van der Waals surface area contributed by atoms with Gasteiger partial charge in [-0.15, -0.1) is 0 Å². The number of hydrogen-bond donors (Lipinski definition) is 2. The number of ketones is 1. The van der Waals surface area contributed by atoms with Crippen molar-refractivity contribution in [2.45, 2.75) is 40.5 Å². The van der Waals surface area contributed by atoms with Gasteiger partial charge in [0.2, 0.25) is 0 Å². The molecule has 0 amide bonds. The van der Waals surface area contributed by atoms with Gasteiger partial charge in [-0.1, -0.05) is 35.4 Å². The van der Waals surface area contributed by atoms with Gasteiger partial charge in [0.15, 0.2) is 5.78 Å². The molecule has 2 aliphatic carbocycles. The number of nitrogens with two attached hydrogens (primary N) is 1. The van der Waals surface area contributed by atoms with Crippen LogP contribution in [0.25, 0.3) is 5.57 Å². The predicted molar refractivity (Wildman–Crippen MR) is 122 cm³/mol. The molecule has 30 heavy (non-hydrogen) atoms. The lowest BCUT2D eigenvalue weighted by Crippen LogP contribution is -2.10. The molecule has 0 saturated heterocycles. The molecule has 0 spiro atoms. The van der Waals surface area contributed by atoms with Crippen LogP contribution in [0.15, 0.2) is 64.3 Å². The minimum absolute atomic E-state index is 0.191. The van der Waals surface area contributed by atoms with E-state index in [-0.39, 0.29) is 11.5 Å². The highest BCUT2D eigenvalue weighted by Crippen LogP contribution is 2.44. The molecule has 0 atom stereocenters. The lowest BCUT2D eigenvalue weighted by atomic mass is 9.89. The normalized spacial score (nSPS) is 18.8. The minimum Gasteiger partial charge on any atom is -0.478 e. The number of aliphatic carboxylic acids is 1. The van der Waals surface area contributed by atoms with Gasteiger partial charge in [0.25, 0.3) is 0 Å². The van der Waals surface area contributed by atoms with Gasteiger partial charge >= 0.3 is 5.97 Å². The number of nitrogen functional groups attached to an aromatic ring is 1. The van der Waals surface area contributed by atoms with Gasteiger partial charge in [-0.3, -0.25) is 4.79 Å². The topological polar surface area (TPSA) is 80.4 Å². The van der Waals surface area contributed by atoms with E-state index in [4.69, 9.17) is 17.3 Å². The summed E-state index contributed by atoms with van der Waals surface area (Å²) in [6.45, 7) is 7.24. The SMILES string of the molecule is CC(=O)C(=CC(=C1C=C(C)C=CC(c2cc(C)c(N)cc2Cl)=C1C)C1CC1)C(=O)O. The van der Waals surface area contributed by atoms with Crippen LogP contribution in [-0.2, 0) is 9.59 Å². The zero-order chi connectivity index (χ0) is 22.2. The smallest absolute Gasteiger partial charge is 0.339 e. The minimum atomic E-state index is -1.20. The summed E-state index contributed by atoms with van der Waals surface area (Å²) in [6.07, 6.45) is 9.62. The van der Waals surface area contributed by atoms with Gasteiger partial charge in [0.05, 0.1) is 5.02 Å². The molecule has 3 rings (SSSR count). The van der Waals surface area contributed by atoms with Crippen molar-refractivity contribution in [2.75, 3.05) is 5.73 Å². The van der Waals surface area contributed by atoms with E-state index in [0.29, 0.717) is 10.7 Å². The van der Waals surface area contributed by atoms with Gasteiger partial charge in [0.1, 0.15) is 5.57 Å². The summed E-state index contributed by atoms with van der Waals surface area (Å²) >= 11 is 6.54. The molecule has 2 aliphatic rings. The van der Waals surface area contributed by atoms with E-state index < -0.39 is 11.8 Å². The van der Waals surface area contributed by atoms with E-state index >= 15 is 0 Å². The Balaban J connectivity index is 2.31. The number of carbonyl (C=O) groups is 2. The van der Waals surface area contributed by atoms with Crippen LogP contribution < -0.4 is 5.73 Å². The number of anilines is 1. The molecule has 5 heteroatoms. The monoisotopic (exact) mass is 423 g/mol. The van der Waals surface area contributed by atoms with E-state index in [1.807, 2.05) is 39.0 Å². The zero-order valence-corrected chi connectivity index (χ0v) is 18.4. The summed E-state index contributed by atoms with van der Waals surface area (Å²) in [5.74, 6) is -1.41. The fourth-order valence-electron chi connectivity index (χ4n) is 3.64. The molecule has 0 heterocycles. The van der Waals surface area contributed by atoms with E-state index in [1.54, 1.807) is 12.1 Å². The Morgan fingerprint density at radius 2 is 1.83 bits per heavy atom. The van der Waals surface area contributed by atoms with Crippen LogP contribution in [0.1, 0.15) is 44.7 Å².